The minimum Gasteiger partial charge on any atom is -0.508 e. The summed E-state index contributed by atoms with van der Waals surface area (Å²) in [5, 5.41) is 58.5. The van der Waals surface area contributed by atoms with Gasteiger partial charge in [-0.2, -0.15) is 0 Å². The molecule has 0 aliphatic carbocycles. The van der Waals surface area contributed by atoms with Crippen LogP contribution in [0.4, 0.5) is 4.79 Å². The molecule has 1 fully saturated rings. The number of rotatable bonds is 9. The van der Waals surface area contributed by atoms with Gasteiger partial charge in [-0.25, -0.2) is 4.79 Å². The lowest BCUT2D eigenvalue weighted by atomic mass is 9.88. The SMILES string of the molecule is Cc1cc(O)c([C@@H]2O[C@H](CO)[C@@H](O)[C@H](O)[C@H]2O)cc1Cc1ccc(CCNC(=O)NCc2cccs2)cc1. The molecule has 38 heavy (non-hydrogen) atoms. The van der Waals surface area contributed by atoms with Crippen molar-refractivity contribution in [2.24, 2.45) is 0 Å². The van der Waals surface area contributed by atoms with Crippen molar-refractivity contribution in [2.75, 3.05) is 13.2 Å². The van der Waals surface area contributed by atoms with Gasteiger partial charge >= 0.3 is 6.03 Å². The van der Waals surface area contributed by atoms with E-state index in [4.69, 9.17) is 4.74 Å². The highest BCUT2D eigenvalue weighted by Gasteiger charge is 2.44. The molecule has 2 aromatic carbocycles. The van der Waals surface area contributed by atoms with Crippen molar-refractivity contribution in [3.8, 4) is 5.75 Å². The first-order valence-electron chi connectivity index (χ1n) is 12.5. The zero-order valence-electron chi connectivity index (χ0n) is 21.1. The van der Waals surface area contributed by atoms with Gasteiger partial charge in [-0.1, -0.05) is 30.3 Å². The second-order valence-corrected chi connectivity index (χ2v) is 10.6. The molecule has 0 bridgehead atoms. The quantitative estimate of drug-likeness (QED) is 0.218. The molecule has 204 valence electrons. The van der Waals surface area contributed by atoms with Crippen LogP contribution in [-0.4, -0.2) is 69.1 Å². The first-order chi connectivity index (χ1) is 18.3. The first kappa shape index (κ1) is 28.0. The summed E-state index contributed by atoms with van der Waals surface area (Å²) in [6.45, 7) is 2.35. The summed E-state index contributed by atoms with van der Waals surface area (Å²) in [4.78, 5) is 13.1. The van der Waals surface area contributed by atoms with Crippen LogP contribution in [0.3, 0.4) is 0 Å². The largest absolute Gasteiger partial charge is 0.508 e. The predicted molar refractivity (Wildman–Crippen MR) is 143 cm³/mol. The molecule has 0 saturated carbocycles. The van der Waals surface area contributed by atoms with Crippen molar-refractivity contribution in [3.63, 3.8) is 0 Å². The van der Waals surface area contributed by atoms with E-state index in [1.807, 2.05) is 48.7 Å². The van der Waals surface area contributed by atoms with Crippen molar-refractivity contribution in [2.45, 2.75) is 56.8 Å². The van der Waals surface area contributed by atoms with Crippen LogP contribution in [0.2, 0.25) is 0 Å². The second kappa shape index (κ2) is 12.7. The van der Waals surface area contributed by atoms with E-state index < -0.39 is 37.1 Å². The molecule has 1 aliphatic heterocycles. The van der Waals surface area contributed by atoms with Gasteiger partial charge in [0.1, 0.15) is 36.3 Å². The van der Waals surface area contributed by atoms with Gasteiger partial charge in [0.05, 0.1) is 13.2 Å². The van der Waals surface area contributed by atoms with Crippen molar-refractivity contribution >= 4 is 17.4 Å². The maximum atomic E-state index is 12.0. The third-order valence-corrected chi connectivity index (χ3v) is 7.68. The minimum atomic E-state index is -1.52. The average Bonchev–Trinajstić information content (AvgIpc) is 3.43. The lowest BCUT2D eigenvalue weighted by Crippen LogP contribution is -2.55. The minimum absolute atomic E-state index is 0.0992. The number of hydrogen-bond acceptors (Lipinski definition) is 8. The highest BCUT2D eigenvalue weighted by molar-refractivity contribution is 7.09. The van der Waals surface area contributed by atoms with Crippen molar-refractivity contribution in [1.82, 2.24) is 10.6 Å². The summed E-state index contributed by atoms with van der Waals surface area (Å²) in [6, 6.07) is 15.1. The monoisotopic (exact) mass is 542 g/mol. The molecule has 0 radical (unpaired) electrons. The van der Waals surface area contributed by atoms with Gasteiger partial charge in [0.15, 0.2) is 0 Å². The number of ether oxygens (including phenoxy) is 1. The summed E-state index contributed by atoms with van der Waals surface area (Å²) in [5.41, 5.74) is 4.13. The number of carbonyl (C=O) groups excluding carboxylic acids is 1. The van der Waals surface area contributed by atoms with Crippen LogP contribution in [0, 0.1) is 6.92 Å². The fourth-order valence-electron chi connectivity index (χ4n) is 4.54. The van der Waals surface area contributed by atoms with Crippen LogP contribution in [0.15, 0.2) is 53.9 Å². The molecular formula is C28H34N2O7S. The van der Waals surface area contributed by atoms with Gasteiger partial charge in [0.2, 0.25) is 0 Å². The number of aliphatic hydroxyl groups is 4. The summed E-state index contributed by atoms with van der Waals surface area (Å²) < 4.78 is 5.64. The third kappa shape index (κ3) is 6.71. The smallest absolute Gasteiger partial charge is 0.315 e. The van der Waals surface area contributed by atoms with Crippen LogP contribution in [-0.2, 0) is 24.1 Å². The van der Waals surface area contributed by atoms with E-state index in [1.54, 1.807) is 23.5 Å². The van der Waals surface area contributed by atoms with Gasteiger partial charge < -0.3 is 40.9 Å². The van der Waals surface area contributed by atoms with Crippen LogP contribution in [0.1, 0.15) is 38.8 Å². The molecule has 1 aromatic heterocycles. The van der Waals surface area contributed by atoms with Crippen molar-refractivity contribution in [3.05, 3.63) is 86.6 Å². The van der Waals surface area contributed by atoms with Gasteiger partial charge in [0.25, 0.3) is 0 Å². The number of aliphatic hydroxyl groups excluding tert-OH is 4. The zero-order chi connectivity index (χ0) is 27.2. The van der Waals surface area contributed by atoms with E-state index in [0.29, 0.717) is 25.9 Å². The molecule has 3 aromatic rings. The van der Waals surface area contributed by atoms with Crippen molar-refractivity contribution in [1.29, 1.82) is 0 Å². The molecule has 2 heterocycles. The lowest BCUT2D eigenvalue weighted by molar-refractivity contribution is -0.232. The predicted octanol–water partition coefficient (Wildman–Crippen LogP) is 1.91. The molecule has 4 rings (SSSR count). The molecule has 0 unspecified atom stereocenters. The normalized spacial score (nSPS) is 23.2. The topological polar surface area (TPSA) is 152 Å². The number of nitrogens with one attached hydrogen (secondary N) is 2. The van der Waals surface area contributed by atoms with E-state index in [-0.39, 0.29) is 17.3 Å². The molecule has 5 atom stereocenters. The molecule has 7 N–H and O–H groups in total. The van der Waals surface area contributed by atoms with Gasteiger partial charge in [-0.05, 0) is 65.6 Å². The Kier molecular flexibility index (Phi) is 9.37. The number of thiophene rings is 1. The molecule has 0 spiro atoms. The second-order valence-electron chi connectivity index (χ2n) is 9.52. The van der Waals surface area contributed by atoms with Crippen LogP contribution in [0.5, 0.6) is 5.75 Å². The molecule has 1 saturated heterocycles. The fraction of sp³-hybridized carbons (Fsp3) is 0.393. The summed E-state index contributed by atoms with van der Waals surface area (Å²) in [7, 11) is 0. The summed E-state index contributed by atoms with van der Waals surface area (Å²) >= 11 is 1.60. The third-order valence-electron chi connectivity index (χ3n) is 6.80. The van der Waals surface area contributed by atoms with E-state index >= 15 is 0 Å². The van der Waals surface area contributed by atoms with Gasteiger partial charge in [-0.15, -0.1) is 11.3 Å². The number of hydrogen-bond donors (Lipinski definition) is 7. The number of carbonyl (C=O) groups is 1. The number of urea groups is 1. The highest BCUT2D eigenvalue weighted by Crippen LogP contribution is 2.38. The Morgan fingerprint density at radius 2 is 1.74 bits per heavy atom. The first-order valence-corrected chi connectivity index (χ1v) is 13.4. The Morgan fingerprint density at radius 1 is 1.00 bits per heavy atom. The Morgan fingerprint density at radius 3 is 2.42 bits per heavy atom. The van der Waals surface area contributed by atoms with Crippen LogP contribution >= 0.6 is 11.3 Å². The number of benzene rings is 2. The Balaban J connectivity index is 1.36. The number of amides is 2. The molecular weight excluding hydrogens is 508 g/mol. The van der Waals surface area contributed by atoms with E-state index in [2.05, 4.69) is 10.6 Å². The maximum absolute atomic E-state index is 12.0. The standard InChI is InChI=1S/C28H34N2O7S/c1-16-11-22(32)21(27-26(35)25(34)24(33)23(15-31)37-27)13-19(16)12-18-6-4-17(5-7-18)8-9-29-28(36)30-14-20-3-2-10-38-20/h2-7,10-11,13,23-27,31-35H,8-9,12,14-15H2,1H3,(H2,29,30,36)/t23-,24-,25+,26-,27+/m1/s1. The lowest BCUT2D eigenvalue weighted by Gasteiger charge is -2.40. The Hall–Kier alpha value is -2.99. The average molecular weight is 543 g/mol. The highest BCUT2D eigenvalue weighted by atomic mass is 32.1. The molecule has 2 amide bonds. The molecule has 10 heteroatoms. The fourth-order valence-corrected chi connectivity index (χ4v) is 5.19. The number of aryl methyl sites for hydroxylation is 1. The number of aromatic hydroxyl groups is 1. The Labute approximate surface area is 225 Å². The van der Waals surface area contributed by atoms with Crippen LogP contribution < -0.4 is 10.6 Å². The van der Waals surface area contributed by atoms with Crippen molar-refractivity contribution < 1.29 is 35.1 Å². The van der Waals surface area contributed by atoms with Crippen LogP contribution in [0.25, 0.3) is 0 Å². The van der Waals surface area contributed by atoms with Gasteiger partial charge in [0, 0.05) is 17.0 Å². The van der Waals surface area contributed by atoms with E-state index in [0.717, 1.165) is 27.1 Å². The zero-order valence-corrected chi connectivity index (χ0v) is 21.9. The maximum Gasteiger partial charge on any atom is 0.315 e. The molecule has 1 aliphatic rings. The van der Waals surface area contributed by atoms with Gasteiger partial charge in [-0.3, -0.25) is 0 Å². The van der Waals surface area contributed by atoms with E-state index in [9.17, 15) is 30.3 Å². The Bertz CT molecular complexity index is 1200. The van der Waals surface area contributed by atoms with E-state index in [1.165, 1.54) is 0 Å². The number of phenols is 1. The summed E-state index contributed by atoms with van der Waals surface area (Å²) in [5.74, 6) is -0.0992. The summed E-state index contributed by atoms with van der Waals surface area (Å²) in [6.07, 6.45) is -5.39. The number of phenolic OH excluding ortho intramolecular Hbond substituents is 1. The molecule has 9 nitrogen and oxygen atoms in total.